The van der Waals surface area contributed by atoms with Crippen LogP contribution in [-0.4, -0.2) is 21.6 Å². The van der Waals surface area contributed by atoms with Gasteiger partial charge in [-0.1, -0.05) is 36.4 Å². The molecular formula is C15H18N4O. The summed E-state index contributed by atoms with van der Waals surface area (Å²) in [5, 5.41) is 12.5. The van der Waals surface area contributed by atoms with E-state index in [0.29, 0.717) is 5.56 Å². The quantitative estimate of drug-likeness (QED) is 0.555. The highest BCUT2D eigenvalue weighted by molar-refractivity contribution is 5.35. The number of nitrogens with two attached hydrogens (primary N) is 2. The van der Waals surface area contributed by atoms with Crippen molar-refractivity contribution in [2.75, 3.05) is 6.54 Å². The Morgan fingerprint density at radius 2 is 1.85 bits per heavy atom. The molecule has 2 rings (SSSR count). The highest BCUT2D eigenvalue weighted by Gasteiger charge is 2.33. The highest BCUT2D eigenvalue weighted by Crippen LogP contribution is 2.29. The van der Waals surface area contributed by atoms with Crippen molar-refractivity contribution >= 4 is 0 Å². The molecule has 5 heteroatoms. The summed E-state index contributed by atoms with van der Waals surface area (Å²) in [7, 11) is 0. The number of benzene rings is 1. The summed E-state index contributed by atoms with van der Waals surface area (Å²) >= 11 is 0. The van der Waals surface area contributed by atoms with Crippen molar-refractivity contribution in [2.45, 2.75) is 5.60 Å². The number of aromatic nitrogens is 1. The SMILES string of the molecule is N/C=C\N(N)CC(O)(c1ccccc1)c1cccnc1. The van der Waals surface area contributed by atoms with Gasteiger partial charge in [-0.3, -0.25) is 4.98 Å². The molecule has 0 fully saturated rings. The molecule has 0 spiro atoms. The standard InChI is InChI=1S/C15H18N4O/c16-8-10-19(17)12-15(20,13-5-2-1-3-6-13)14-7-4-9-18-11-14/h1-11,20H,12,16-17H2/b10-8-. The van der Waals surface area contributed by atoms with E-state index in [9.17, 15) is 5.11 Å². The zero-order valence-corrected chi connectivity index (χ0v) is 11.1. The van der Waals surface area contributed by atoms with Gasteiger partial charge < -0.3 is 15.8 Å². The summed E-state index contributed by atoms with van der Waals surface area (Å²) in [6.45, 7) is 0.163. The second kappa shape index (κ2) is 6.18. The van der Waals surface area contributed by atoms with Gasteiger partial charge in [0.05, 0.1) is 6.54 Å². The third kappa shape index (κ3) is 2.96. The van der Waals surface area contributed by atoms with Crippen molar-refractivity contribution < 1.29 is 5.11 Å². The third-order valence-electron chi connectivity index (χ3n) is 3.08. The summed E-state index contributed by atoms with van der Waals surface area (Å²) < 4.78 is 0. The molecule has 5 nitrogen and oxygen atoms in total. The van der Waals surface area contributed by atoms with Gasteiger partial charge in [0.15, 0.2) is 0 Å². The molecule has 1 heterocycles. The third-order valence-corrected chi connectivity index (χ3v) is 3.08. The molecule has 0 aliphatic heterocycles. The second-order valence-corrected chi connectivity index (χ2v) is 4.48. The van der Waals surface area contributed by atoms with Crippen LogP contribution in [0.15, 0.2) is 67.3 Å². The zero-order valence-electron chi connectivity index (χ0n) is 11.1. The predicted molar refractivity (Wildman–Crippen MR) is 77.9 cm³/mol. The zero-order chi connectivity index (χ0) is 14.4. The van der Waals surface area contributed by atoms with E-state index in [4.69, 9.17) is 11.6 Å². The minimum Gasteiger partial charge on any atom is -0.403 e. The summed E-state index contributed by atoms with van der Waals surface area (Å²) in [4.78, 5) is 4.07. The average molecular weight is 270 g/mol. The Hall–Kier alpha value is -2.37. The van der Waals surface area contributed by atoms with Crippen LogP contribution in [0.3, 0.4) is 0 Å². The normalized spacial score (nSPS) is 14.1. The van der Waals surface area contributed by atoms with Crippen LogP contribution in [0.4, 0.5) is 0 Å². The summed E-state index contributed by atoms with van der Waals surface area (Å²) in [6.07, 6.45) is 6.13. The molecule has 1 unspecified atom stereocenters. The molecule has 1 aromatic heterocycles. The van der Waals surface area contributed by atoms with E-state index in [-0.39, 0.29) is 6.54 Å². The maximum atomic E-state index is 11.1. The number of hydrogen-bond acceptors (Lipinski definition) is 5. The largest absolute Gasteiger partial charge is 0.403 e. The fraction of sp³-hybridized carbons (Fsp3) is 0.133. The van der Waals surface area contributed by atoms with Crippen LogP contribution >= 0.6 is 0 Å². The van der Waals surface area contributed by atoms with E-state index < -0.39 is 5.60 Å². The minimum absolute atomic E-state index is 0.163. The molecule has 0 saturated carbocycles. The average Bonchev–Trinajstić information content (AvgIpc) is 2.49. The molecular weight excluding hydrogens is 252 g/mol. The summed E-state index contributed by atoms with van der Waals surface area (Å²) in [6, 6.07) is 12.9. The summed E-state index contributed by atoms with van der Waals surface area (Å²) in [5.41, 5.74) is 5.49. The molecule has 0 bridgehead atoms. The van der Waals surface area contributed by atoms with Gasteiger partial charge in [0.2, 0.25) is 0 Å². The molecule has 0 radical (unpaired) electrons. The van der Waals surface area contributed by atoms with E-state index in [1.807, 2.05) is 36.4 Å². The van der Waals surface area contributed by atoms with Crippen LogP contribution in [0.25, 0.3) is 0 Å². The monoisotopic (exact) mass is 270 g/mol. The first-order valence-corrected chi connectivity index (χ1v) is 6.25. The van der Waals surface area contributed by atoms with Crippen LogP contribution in [0.1, 0.15) is 11.1 Å². The minimum atomic E-state index is -1.26. The van der Waals surface area contributed by atoms with E-state index in [1.54, 1.807) is 18.5 Å². The predicted octanol–water partition coefficient (Wildman–Crippen LogP) is 0.923. The van der Waals surface area contributed by atoms with Gasteiger partial charge in [0.25, 0.3) is 0 Å². The number of hydrazine groups is 1. The van der Waals surface area contributed by atoms with Crippen molar-refractivity contribution in [3.05, 3.63) is 78.4 Å². The lowest BCUT2D eigenvalue weighted by Crippen LogP contribution is -2.42. The first-order chi connectivity index (χ1) is 9.66. The highest BCUT2D eigenvalue weighted by atomic mass is 16.3. The van der Waals surface area contributed by atoms with Gasteiger partial charge in [-0.25, -0.2) is 5.84 Å². The van der Waals surface area contributed by atoms with Crippen LogP contribution < -0.4 is 11.6 Å². The van der Waals surface area contributed by atoms with Gasteiger partial charge in [-0.05, 0) is 11.6 Å². The van der Waals surface area contributed by atoms with Crippen molar-refractivity contribution in [1.29, 1.82) is 0 Å². The summed E-state index contributed by atoms with van der Waals surface area (Å²) in [5.74, 6) is 5.83. The van der Waals surface area contributed by atoms with E-state index in [2.05, 4.69) is 4.98 Å². The number of pyridine rings is 1. The number of hydrogen-bond donors (Lipinski definition) is 3. The van der Waals surface area contributed by atoms with Gasteiger partial charge in [0.1, 0.15) is 5.60 Å². The smallest absolute Gasteiger partial charge is 0.135 e. The molecule has 0 amide bonds. The fourth-order valence-corrected chi connectivity index (χ4v) is 2.10. The van der Waals surface area contributed by atoms with Gasteiger partial charge >= 0.3 is 0 Å². The second-order valence-electron chi connectivity index (χ2n) is 4.48. The Morgan fingerprint density at radius 3 is 2.45 bits per heavy atom. The van der Waals surface area contributed by atoms with Crippen molar-refractivity contribution in [2.24, 2.45) is 11.6 Å². The van der Waals surface area contributed by atoms with E-state index in [0.717, 1.165) is 5.56 Å². The van der Waals surface area contributed by atoms with Crippen LogP contribution in [0, 0.1) is 0 Å². The number of nitrogens with zero attached hydrogens (tertiary/aromatic N) is 2. The Balaban J connectivity index is 2.44. The van der Waals surface area contributed by atoms with Gasteiger partial charge in [-0.2, -0.15) is 0 Å². The van der Waals surface area contributed by atoms with Gasteiger partial charge in [0, 0.05) is 30.4 Å². The molecule has 5 N–H and O–H groups in total. The Labute approximate surface area is 118 Å². The Bertz CT molecular complexity index is 517. The molecule has 1 atom stereocenters. The lowest BCUT2D eigenvalue weighted by Gasteiger charge is -2.32. The first kappa shape index (κ1) is 14.0. The molecule has 0 saturated heterocycles. The lowest BCUT2D eigenvalue weighted by molar-refractivity contribution is 0.0497. The molecule has 20 heavy (non-hydrogen) atoms. The lowest BCUT2D eigenvalue weighted by atomic mass is 9.87. The van der Waals surface area contributed by atoms with E-state index >= 15 is 0 Å². The van der Waals surface area contributed by atoms with Crippen molar-refractivity contribution in [3.63, 3.8) is 0 Å². The van der Waals surface area contributed by atoms with Crippen LogP contribution in [0.5, 0.6) is 0 Å². The number of aliphatic hydroxyl groups is 1. The molecule has 0 aliphatic carbocycles. The maximum absolute atomic E-state index is 11.1. The maximum Gasteiger partial charge on any atom is 0.135 e. The Kier molecular flexibility index (Phi) is 4.34. The van der Waals surface area contributed by atoms with Crippen molar-refractivity contribution in [3.8, 4) is 0 Å². The molecule has 1 aromatic carbocycles. The Morgan fingerprint density at radius 1 is 1.15 bits per heavy atom. The van der Waals surface area contributed by atoms with E-state index in [1.165, 1.54) is 17.4 Å². The first-order valence-electron chi connectivity index (χ1n) is 6.25. The number of rotatable bonds is 5. The van der Waals surface area contributed by atoms with Crippen LogP contribution in [-0.2, 0) is 5.60 Å². The fourth-order valence-electron chi connectivity index (χ4n) is 2.10. The van der Waals surface area contributed by atoms with Gasteiger partial charge in [-0.15, -0.1) is 0 Å². The van der Waals surface area contributed by atoms with Crippen molar-refractivity contribution in [1.82, 2.24) is 9.99 Å². The molecule has 2 aromatic rings. The molecule has 104 valence electrons. The molecule has 0 aliphatic rings. The van der Waals surface area contributed by atoms with Crippen LogP contribution in [0.2, 0.25) is 0 Å². The topological polar surface area (TPSA) is 88.4 Å².